The number of benzene rings is 2. The van der Waals surface area contributed by atoms with E-state index in [1.807, 2.05) is 44.2 Å². The molecule has 180 valence electrons. The number of rotatable bonds is 6. The van der Waals surface area contributed by atoms with Gasteiger partial charge in [-0.1, -0.05) is 42.5 Å². The maximum Gasteiger partial charge on any atom is 0.436 e. The Kier molecular flexibility index (Phi) is 6.57. The summed E-state index contributed by atoms with van der Waals surface area (Å²) in [4.78, 5) is 39.3. The van der Waals surface area contributed by atoms with Gasteiger partial charge in [0.15, 0.2) is 5.82 Å². The molecule has 0 spiro atoms. The molecule has 0 saturated heterocycles. The van der Waals surface area contributed by atoms with Crippen LogP contribution in [-0.2, 0) is 10.3 Å². The van der Waals surface area contributed by atoms with E-state index in [0.717, 1.165) is 21.6 Å². The first-order valence-electron chi connectivity index (χ1n) is 10.9. The third-order valence-electron chi connectivity index (χ3n) is 5.38. The Hall–Kier alpha value is -4.18. The number of carbonyl (C=O) groups excluding carboxylic acids is 3. The number of hydrogen-bond acceptors (Lipinski definition) is 7. The average Bonchev–Trinajstić information content (AvgIpc) is 3.40. The number of anilines is 2. The molecule has 0 unspecified atom stereocenters. The van der Waals surface area contributed by atoms with Crippen molar-refractivity contribution in [2.24, 2.45) is 0 Å². The molecule has 4 N–H and O–H groups in total. The first-order chi connectivity index (χ1) is 16.7. The van der Waals surface area contributed by atoms with Crippen LogP contribution in [0.2, 0.25) is 0 Å². The van der Waals surface area contributed by atoms with Gasteiger partial charge in [-0.05, 0) is 44.5 Å². The number of nitrogens with two attached hydrogens (primary N) is 1. The summed E-state index contributed by atoms with van der Waals surface area (Å²) in [5.41, 5.74) is 6.80. The second-order valence-corrected chi connectivity index (χ2v) is 9.31. The zero-order valence-corrected chi connectivity index (χ0v) is 20.3. The number of hydrogen-bond donors (Lipinski definition) is 3. The number of para-hydroxylation sites is 1. The second kappa shape index (κ2) is 9.59. The quantitative estimate of drug-likeness (QED) is 0.338. The van der Waals surface area contributed by atoms with Gasteiger partial charge in [0.25, 0.3) is 11.8 Å². The van der Waals surface area contributed by atoms with Gasteiger partial charge >= 0.3 is 6.09 Å². The Morgan fingerprint density at radius 3 is 2.43 bits per heavy atom. The molecule has 9 nitrogen and oxygen atoms in total. The third kappa shape index (κ3) is 4.87. The van der Waals surface area contributed by atoms with Crippen LogP contribution >= 0.6 is 11.3 Å². The smallest absolute Gasteiger partial charge is 0.436 e. The van der Waals surface area contributed by atoms with Crippen LogP contribution in [0.4, 0.5) is 16.3 Å². The third-order valence-corrected chi connectivity index (χ3v) is 6.49. The number of carbonyl (C=O) groups is 3. The lowest BCUT2D eigenvalue weighted by Gasteiger charge is -2.26. The van der Waals surface area contributed by atoms with Gasteiger partial charge in [-0.15, -0.1) is 16.4 Å². The minimum absolute atomic E-state index is 0.124. The van der Waals surface area contributed by atoms with Crippen molar-refractivity contribution >= 4 is 51.0 Å². The summed E-state index contributed by atoms with van der Waals surface area (Å²) in [7, 11) is 0. The van der Waals surface area contributed by atoms with E-state index in [9.17, 15) is 14.4 Å². The van der Waals surface area contributed by atoms with Crippen LogP contribution in [0.15, 0.2) is 60.7 Å². The van der Waals surface area contributed by atoms with Gasteiger partial charge < -0.3 is 21.1 Å². The number of nitrogens with zero attached hydrogens (tertiary/aromatic N) is 2. The Labute approximate surface area is 205 Å². The van der Waals surface area contributed by atoms with Crippen molar-refractivity contribution in [3.63, 3.8) is 0 Å². The van der Waals surface area contributed by atoms with Crippen molar-refractivity contribution in [3.8, 4) is 0 Å². The van der Waals surface area contributed by atoms with E-state index in [4.69, 9.17) is 10.5 Å². The fourth-order valence-electron chi connectivity index (χ4n) is 3.57. The van der Waals surface area contributed by atoms with Gasteiger partial charge in [-0.2, -0.15) is 4.68 Å². The Morgan fingerprint density at radius 2 is 1.74 bits per heavy atom. The van der Waals surface area contributed by atoms with Crippen LogP contribution in [0.3, 0.4) is 0 Å². The van der Waals surface area contributed by atoms with Crippen molar-refractivity contribution in [1.82, 2.24) is 15.1 Å². The molecule has 4 aromatic rings. The van der Waals surface area contributed by atoms with Crippen LogP contribution in [0.25, 0.3) is 10.2 Å². The first-order valence-corrected chi connectivity index (χ1v) is 11.8. The number of fused-ring (bicyclic) bond motifs is 1. The lowest BCUT2D eigenvalue weighted by molar-refractivity contribution is 0.0915. The molecule has 4 rings (SSSR count). The number of amides is 2. The number of nitrogen functional groups attached to an aromatic ring is 1. The zero-order chi connectivity index (χ0) is 25.2. The van der Waals surface area contributed by atoms with Crippen LogP contribution in [0.1, 0.15) is 46.4 Å². The summed E-state index contributed by atoms with van der Waals surface area (Å²) in [5.74, 6) is -0.681. The largest absolute Gasteiger partial charge is 0.448 e. The molecule has 10 heteroatoms. The fourth-order valence-corrected chi connectivity index (χ4v) is 4.57. The molecule has 2 aromatic carbocycles. The summed E-state index contributed by atoms with van der Waals surface area (Å²) < 4.78 is 6.15. The molecular formula is C25H25N5O4S. The number of aromatic nitrogens is 2. The highest BCUT2D eigenvalue weighted by Gasteiger charge is 2.27. The maximum absolute atomic E-state index is 13.2. The highest BCUT2D eigenvalue weighted by molar-refractivity contribution is 7.20. The van der Waals surface area contributed by atoms with Crippen molar-refractivity contribution < 1.29 is 19.1 Å². The molecule has 0 aliphatic rings. The van der Waals surface area contributed by atoms with Gasteiger partial charge in [0.1, 0.15) is 4.83 Å². The Bertz CT molecular complexity index is 1410. The molecular weight excluding hydrogens is 466 g/mol. The minimum atomic E-state index is -0.712. The van der Waals surface area contributed by atoms with Crippen LogP contribution in [0.5, 0.6) is 0 Å². The summed E-state index contributed by atoms with van der Waals surface area (Å²) in [5, 5.41) is 10.4. The van der Waals surface area contributed by atoms with Crippen LogP contribution in [0, 0.1) is 0 Å². The summed E-state index contributed by atoms with van der Waals surface area (Å²) >= 11 is 1.08. The fraction of sp³-hybridized carbons (Fsp3) is 0.200. The predicted molar refractivity (Wildman–Crippen MR) is 136 cm³/mol. The second-order valence-electron chi connectivity index (χ2n) is 8.28. The highest BCUT2D eigenvalue weighted by Crippen LogP contribution is 2.33. The molecule has 2 heterocycles. The van der Waals surface area contributed by atoms with E-state index in [-0.39, 0.29) is 23.9 Å². The average molecular weight is 492 g/mol. The van der Waals surface area contributed by atoms with E-state index >= 15 is 0 Å². The maximum atomic E-state index is 13.2. The van der Waals surface area contributed by atoms with Gasteiger partial charge in [-0.25, -0.2) is 4.79 Å². The van der Waals surface area contributed by atoms with E-state index in [2.05, 4.69) is 15.7 Å². The van der Waals surface area contributed by atoms with Crippen molar-refractivity contribution in [2.75, 3.05) is 17.7 Å². The van der Waals surface area contributed by atoms with Crippen molar-refractivity contribution in [2.45, 2.75) is 26.3 Å². The molecule has 0 aliphatic carbocycles. The lowest BCUT2D eigenvalue weighted by Crippen LogP contribution is -2.40. The van der Waals surface area contributed by atoms with Gasteiger partial charge in [0.05, 0.1) is 28.0 Å². The number of nitrogens with one attached hydrogen (secondary N) is 2. The van der Waals surface area contributed by atoms with E-state index in [0.29, 0.717) is 20.8 Å². The molecule has 2 amide bonds. The molecule has 0 fully saturated rings. The number of thiophene rings is 1. The van der Waals surface area contributed by atoms with Gasteiger partial charge in [-0.3, -0.25) is 9.59 Å². The number of ether oxygens (including phenoxy) is 1. The standard InChI is InChI=1S/C25H25N5O4S/c1-4-34-24(33)30-23-17(20(29-30)27-21(31)16-12-8-9-13-18(16)26)14-19(35-23)22(32)28-25(2,3)15-10-6-5-7-11-15/h5-14H,4,26H2,1-3H3,(H,28,32)(H,27,29,31). The van der Waals surface area contributed by atoms with Crippen molar-refractivity contribution in [3.05, 3.63) is 76.7 Å². The summed E-state index contributed by atoms with van der Waals surface area (Å²) in [6.45, 7) is 5.64. The minimum Gasteiger partial charge on any atom is -0.448 e. The molecule has 0 saturated carbocycles. The zero-order valence-electron chi connectivity index (χ0n) is 19.5. The monoisotopic (exact) mass is 491 g/mol. The molecule has 0 atom stereocenters. The molecule has 35 heavy (non-hydrogen) atoms. The Morgan fingerprint density at radius 1 is 1.06 bits per heavy atom. The predicted octanol–water partition coefficient (Wildman–Crippen LogP) is 4.60. The van der Waals surface area contributed by atoms with E-state index in [1.165, 1.54) is 0 Å². The molecule has 2 aromatic heterocycles. The van der Waals surface area contributed by atoms with Crippen LogP contribution < -0.4 is 16.4 Å². The van der Waals surface area contributed by atoms with Crippen LogP contribution in [-0.4, -0.2) is 34.3 Å². The van der Waals surface area contributed by atoms with E-state index < -0.39 is 17.5 Å². The first kappa shape index (κ1) is 24.0. The lowest BCUT2D eigenvalue weighted by atomic mass is 9.94. The normalized spacial score (nSPS) is 11.3. The molecule has 0 bridgehead atoms. The molecule has 0 radical (unpaired) electrons. The van der Waals surface area contributed by atoms with Gasteiger partial charge in [0, 0.05) is 5.69 Å². The highest BCUT2D eigenvalue weighted by atomic mass is 32.1. The summed E-state index contributed by atoms with van der Waals surface area (Å²) in [6.07, 6.45) is -0.712. The topological polar surface area (TPSA) is 128 Å². The molecule has 0 aliphatic heterocycles. The Balaban J connectivity index is 1.69. The SMILES string of the molecule is CCOC(=O)n1nc(NC(=O)c2ccccc2N)c2cc(C(=O)NC(C)(C)c3ccccc3)sc21. The van der Waals surface area contributed by atoms with E-state index in [1.54, 1.807) is 37.3 Å². The summed E-state index contributed by atoms with van der Waals surface area (Å²) in [6, 6.07) is 17.8. The van der Waals surface area contributed by atoms with Gasteiger partial charge in [0.2, 0.25) is 0 Å². The van der Waals surface area contributed by atoms with Crippen molar-refractivity contribution in [1.29, 1.82) is 0 Å².